The van der Waals surface area contributed by atoms with E-state index in [0.29, 0.717) is 19.3 Å². The van der Waals surface area contributed by atoms with E-state index < -0.39 is 0 Å². The summed E-state index contributed by atoms with van der Waals surface area (Å²) in [6.07, 6.45) is 9.95. The fourth-order valence-electron chi connectivity index (χ4n) is 5.72. The second-order valence-electron chi connectivity index (χ2n) is 10.0. The molecule has 2 aromatic carbocycles. The lowest BCUT2D eigenvalue weighted by molar-refractivity contribution is -0.203. The van der Waals surface area contributed by atoms with Crippen LogP contribution in [0.3, 0.4) is 0 Å². The summed E-state index contributed by atoms with van der Waals surface area (Å²) >= 11 is 0. The third kappa shape index (κ3) is 6.25. The molecule has 0 aromatic heterocycles. The number of nitrogens with zero attached hydrogens (tertiary/aromatic N) is 1. The molecular formula is C30H41NO4. The van der Waals surface area contributed by atoms with Gasteiger partial charge in [0.1, 0.15) is 5.75 Å². The summed E-state index contributed by atoms with van der Waals surface area (Å²) in [6, 6.07) is 18.2. The molecule has 0 bridgehead atoms. The first kappa shape index (κ1) is 25.7. The molecule has 1 amide bonds. The number of amides is 1. The van der Waals surface area contributed by atoms with Crippen molar-refractivity contribution in [2.45, 2.75) is 95.6 Å². The van der Waals surface area contributed by atoms with Gasteiger partial charge >= 0.3 is 0 Å². The van der Waals surface area contributed by atoms with Crippen LogP contribution in [0, 0.1) is 0 Å². The lowest BCUT2D eigenvalue weighted by Crippen LogP contribution is -2.74. The Morgan fingerprint density at radius 1 is 1.00 bits per heavy atom. The van der Waals surface area contributed by atoms with Crippen LogP contribution in [-0.4, -0.2) is 42.3 Å². The lowest BCUT2D eigenvalue weighted by Gasteiger charge is -2.58. The van der Waals surface area contributed by atoms with E-state index in [-0.39, 0.29) is 17.6 Å². The maximum atomic E-state index is 13.4. The van der Waals surface area contributed by atoms with Gasteiger partial charge in [-0.1, -0.05) is 68.7 Å². The number of carbonyl (C=O) groups is 1. The highest BCUT2D eigenvalue weighted by molar-refractivity contribution is 5.90. The maximum Gasteiger partial charge on any atom is 0.255 e. The standard InChI is InChI=1S/C30H41NO4/c1-3-19-30(20-9-7-13-27-14-8-10-21-34-27)28(35-23-25-11-5-4-6-12-25)29(32)31(30)22-24-15-17-26(33-2)18-16-24/h4-6,11-12,15-18,27-28H,3,7-10,13-14,19-23H2,1-2H3/t27?,28-,30+/m1/s1. The highest BCUT2D eigenvalue weighted by Gasteiger charge is 2.59. The summed E-state index contributed by atoms with van der Waals surface area (Å²) < 4.78 is 17.6. The van der Waals surface area contributed by atoms with Gasteiger partial charge in [-0.15, -0.1) is 0 Å². The number of benzene rings is 2. The van der Waals surface area contributed by atoms with Crippen molar-refractivity contribution in [3.05, 3.63) is 65.7 Å². The van der Waals surface area contributed by atoms with Crippen molar-refractivity contribution in [1.29, 1.82) is 0 Å². The topological polar surface area (TPSA) is 48.0 Å². The van der Waals surface area contributed by atoms with Crippen LogP contribution in [0.5, 0.6) is 5.75 Å². The molecule has 0 N–H and O–H groups in total. The zero-order valence-electron chi connectivity index (χ0n) is 21.4. The number of rotatable bonds is 13. The zero-order chi connectivity index (χ0) is 24.5. The molecule has 0 radical (unpaired) electrons. The first-order valence-electron chi connectivity index (χ1n) is 13.4. The van der Waals surface area contributed by atoms with E-state index in [4.69, 9.17) is 14.2 Å². The molecule has 2 aliphatic heterocycles. The minimum absolute atomic E-state index is 0.112. The molecule has 2 aliphatic rings. The second kappa shape index (κ2) is 12.5. The molecule has 2 fully saturated rings. The highest BCUT2D eigenvalue weighted by atomic mass is 16.5. The van der Waals surface area contributed by atoms with Crippen molar-refractivity contribution in [2.75, 3.05) is 13.7 Å². The van der Waals surface area contributed by atoms with Crippen LogP contribution in [0.1, 0.15) is 75.8 Å². The highest BCUT2D eigenvalue weighted by Crippen LogP contribution is 2.44. The van der Waals surface area contributed by atoms with E-state index in [0.717, 1.165) is 62.0 Å². The predicted octanol–water partition coefficient (Wildman–Crippen LogP) is 6.29. The van der Waals surface area contributed by atoms with Gasteiger partial charge in [0, 0.05) is 13.2 Å². The van der Waals surface area contributed by atoms with Crippen LogP contribution < -0.4 is 4.74 Å². The molecule has 2 saturated heterocycles. The molecular weight excluding hydrogens is 438 g/mol. The lowest BCUT2D eigenvalue weighted by atomic mass is 9.72. The number of methoxy groups -OCH3 is 1. The van der Waals surface area contributed by atoms with Gasteiger partial charge in [-0.05, 0) is 61.8 Å². The number of carbonyl (C=O) groups excluding carboxylic acids is 1. The molecule has 2 aromatic rings. The van der Waals surface area contributed by atoms with Crippen LogP contribution in [0.15, 0.2) is 54.6 Å². The second-order valence-corrected chi connectivity index (χ2v) is 10.0. The van der Waals surface area contributed by atoms with Crippen molar-refractivity contribution in [3.8, 4) is 5.75 Å². The van der Waals surface area contributed by atoms with Gasteiger partial charge in [-0.25, -0.2) is 0 Å². The number of ether oxygens (including phenoxy) is 3. The van der Waals surface area contributed by atoms with Gasteiger partial charge < -0.3 is 19.1 Å². The summed E-state index contributed by atoms with van der Waals surface area (Å²) in [6.45, 7) is 4.19. The summed E-state index contributed by atoms with van der Waals surface area (Å²) in [5, 5.41) is 0. The van der Waals surface area contributed by atoms with E-state index in [2.05, 4.69) is 36.1 Å². The molecule has 1 unspecified atom stereocenters. The predicted molar refractivity (Wildman–Crippen MR) is 138 cm³/mol. The first-order chi connectivity index (χ1) is 17.2. The third-order valence-corrected chi connectivity index (χ3v) is 7.62. The monoisotopic (exact) mass is 479 g/mol. The van der Waals surface area contributed by atoms with Crippen molar-refractivity contribution in [1.82, 2.24) is 4.90 Å². The Hall–Kier alpha value is -2.37. The van der Waals surface area contributed by atoms with Crippen LogP contribution >= 0.6 is 0 Å². The Bertz CT molecular complexity index is 910. The number of β-lactam (4-membered cyclic amide) rings is 1. The van der Waals surface area contributed by atoms with Crippen molar-refractivity contribution in [2.24, 2.45) is 0 Å². The smallest absolute Gasteiger partial charge is 0.255 e. The maximum absolute atomic E-state index is 13.4. The Balaban J connectivity index is 1.46. The van der Waals surface area contributed by atoms with Gasteiger partial charge in [0.15, 0.2) is 6.10 Å². The largest absolute Gasteiger partial charge is 0.497 e. The van der Waals surface area contributed by atoms with Gasteiger partial charge in [0.25, 0.3) is 5.91 Å². The molecule has 2 heterocycles. The normalized spacial score (nSPS) is 24.3. The Morgan fingerprint density at radius 2 is 1.80 bits per heavy atom. The van der Waals surface area contributed by atoms with Crippen molar-refractivity contribution in [3.63, 3.8) is 0 Å². The third-order valence-electron chi connectivity index (χ3n) is 7.62. The van der Waals surface area contributed by atoms with Crippen LogP contribution in [-0.2, 0) is 27.4 Å². The quantitative estimate of drug-likeness (QED) is 0.250. The summed E-state index contributed by atoms with van der Waals surface area (Å²) in [4.78, 5) is 15.5. The Labute approximate surface area is 210 Å². The van der Waals surface area contributed by atoms with Crippen LogP contribution in [0.25, 0.3) is 0 Å². The molecule has 0 saturated carbocycles. The minimum atomic E-state index is -0.383. The molecule has 0 aliphatic carbocycles. The van der Waals surface area contributed by atoms with Crippen molar-refractivity contribution >= 4 is 5.91 Å². The molecule has 190 valence electrons. The summed E-state index contributed by atoms with van der Waals surface area (Å²) in [5.41, 5.74) is 1.97. The van der Waals surface area contributed by atoms with E-state index in [1.165, 1.54) is 19.3 Å². The van der Waals surface area contributed by atoms with E-state index >= 15 is 0 Å². The minimum Gasteiger partial charge on any atom is -0.497 e. The Morgan fingerprint density at radius 3 is 2.49 bits per heavy atom. The van der Waals surface area contributed by atoms with Gasteiger partial charge in [0.05, 0.1) is 25.4 Å². The average molecular weight is 480 g/mol. The molecule has 5 heteroatoms. The molecule has 0 spiro atoms. The number of likely N-dealkylation sites (tertiary alicyclic amines) is 1. The molecule has 3 atom stereocenters. The van der Waals surface area contributed by atoms with Gasteiger partial charge in [0.2, 0.25) is 0 Å². The zero-order valence-corrected chi connectivity index (χ0v) is 21.4. The number of hydrogen-bond donors (Lipinski definition) is 0. The van der Waals surface area contributed by atoms with Gasteiger partial charge in [-0.2, -0.15) is 0 Å². The summed E-state index contributed by atoms with van der Waals surface area (Å²) in [5.74, 6) is 0.943. The first-order valence-corrected chi connectivity index (χ1v) is 13.4. The van der Waals surface area contributed by atoms with Crippen molar-refractivity contribution < 1.29 is 19.0 Å². The molecule has 4 rings (SSSR count). The van der Waals surface area contributed by atoms with Crippen LogP contribution in [0.2, 0.25) is 0 Å². The average Bonchev–Trinajstić information content (AvgIpc) is 2.91. The van der Waals surface area contributed by atoms with Crippen LogP contribution in [0.4, 0.5) is 0 Å². The van der Waals surface area contributed by atoms with Gasteiger partial charge in [-0.3, -0.25) is 4.79 Å². The fourth-order valence-corrected chi connectivity index (χ4v) is 5.72. The number of hydrogen-bond acceptors (Lipinski definition) is 4. The molecule has 35 heavy (non-hydrogen) atoms. The van der Waals surface area contributed by atoms with E-state index in [1.807, 2.05) is 30.3 Å². The Kier molecular flexibility index (Phi) is 9.22. The molecule has 5 nitrogen and oxygen atoms in total. The SMILES string of the molecule is CCC[C@]1(CCCCC2CCCCO2)[C@H](OCc2ccccc2)C(=O)N1Cc1ccc(OC)cc1. The number of unbranched alkanes of at least 4 members (excludes halogenated alkanes) is 1. The van der Waals surface area contributed by atoms with E-state index in [9.17, 15) is 4.79 Å². The van der Waals surface area contributed by atoms with E-state index in [1.54, 1.807) is 7.11 Å². The summed E-state index contributed by atoms with van der Waals surface area (Å²) in [7, 11) is 1.67. The fraction of sp³-hybridized carbons (Fsp3) is 0.567.